The highest BCUT2D eigenvalue weighted by atomic mass is 16.5. The fourth-order valence-electron chi connectivity index (χ4n) is 2.81. The first-order chi connectivity index (χ1) is 10.2. The van der Waals surface area contributed by atoms with Crippen LogP contribution in [0, 0.1) is 6.92 Å². The first-order valence-corrected chi connectivity index (χ1v) is 7.13. The van der Waals surface area contributed by atoms with Gasteiger partial charge in [-0.2, -0.15) is 0 Å². The van der Waals surface area contributed by atoms with E-state index in [1.54, 1.807) is 7.11 Å². The van der Waals surface area contributed by atoms with Gasteiger partial charge in [0.1, 0.15) is 5.75 Å². The van der Waals surface area contributed by atoms with Crippen LogP contribution in [-0.2, 0) is 13.1 Å². The van der Waals surface area contributed by atoms with Gasteiger partial charge in [-0.05, 0) is 30.2 Å². The number of nitrogens with zero attached hydrogens (tertiary/aromatic N) is 1. The molecule has 0 radical (unpaired) electrons. The number of hydrogen-bond donors (Lipinski definition) is 1. The summed E-state index contributed by atoms with van der Waals surface area (Å²) < 4.78 is 7.70. The minimum atomic E-state index is 0.495. The molecule has 0 amide bonds. The highest BCUT2D eigenvalue weighted by Crippen LogP contribution is 2.24. The first kappa shape index (κ1) is 13.7. The molecule has 0 saturated carbocycles. The lowest BCUT2D eigenvalue weighted by Gasteiger charge is -2.10. The molecule has 3 nitrogen and oxygen atoms in total. The number of ether oxygens (including phenoxy) is 1. The quantitative estimate of drug-likeness (QED) is 0.795. The number of nitrogens with two attached hydrogens (primary N) is 1. The molecule has 21 heavy (non-hydrogen) atoms. The van der Waals surface area contributed by atoms with Crippen molar-refractivity contribution < 1.29 is 4.74 Å². The monoisotopic (exact) mass is 280 g/mol. The lowest BCUT2D eigenvalue weighted by molar-refractivity contribution is 0.409. The van der Waals surface area contributed by atoms with Crippen LogP contribution in [0.3, 0.4) is 0 Å². The maximum Gasteiger partial charge on any atom is 0.123 e. The van der Waals surface area contributed by atoms with Gasteiger partial charge in [0, 0.05) is 35.8 Å². The number of fused-ring (bicyclic) bond motifs is 1. The van der Waals surface area contributed by atoms with Crippen LogP contribution in [0.4, 0.5) is 0 Å². The summed E-state index contributed by atoms with van der Waals surface area (Å²) in [6, 6.07) is 14.7. The van der Waals surface area contributed by atoms with E-state index in [4.69, 9.17) is 10.5 Å². The molecule has 3 rings (SSSR count). The Morgan fingerprint density at radius 3 is 2.71 bits per heavy atom. The SMILES string of the molecule is COc1cc(Cn2cc(C)c3ccccc32)ccc1CN. The molecule has 0 saturated heterocycles. The van der Waals surface area contributed by atoms with Crippen LogP contribution in [0.1, 0.15) is 16.7 Å². The molecular formula is C18H20N2O. The van der Waals surface area contributed by atoms with Gasteiger partial charge in [0.05, 0.1) is 7.11 Å². The molecule has 1 aromatic heterocycles. The van der Waals surface area contributed by atoms with Gasteiger partial charge < -0.3 is 15.0 Å². The van der Waals surface area contributed by atoms with Crippen molar-refractivity contribution in [3.63, 3.8) is 0 Å². The Labute approximate surface area is 125 Å². The van der Waals surface area contributed by atoms with Crippen molar-refractivity contribution in [1.82, 2.24) is 4.57 Å². The second-order valence-electron chi connectivity index (χ2n) is 5.31. The minimum Gasteiger partial charge on any atom is -0.496 e. The van der Waals surface area contributed by atoms with Crippen molar-refractivity contribution in [2.75, 3.05) is 7.11 Å². The topological polar surface area (TPSA) is 40.2 Å². The number of aryl methyl sites for hydroxylation is 1. The molecule has 0 atom stereocenters. The third-order valence-electron chi connectivity index (χ3n) is 3.91. The third-order valence-corrected chi connectivity index (χ3v) is 3.91. The summed E-state index contributed by atoms with van der Waals surface area (Å²) >= 11 is 0. The summed E-state index contributed by atoms with van der Waals surface area (Å²) in [6.07, 6.45) is 2.20. The highest BCUT2D eigenvalue weighted by Gasteiger charge is 2.07. The Kier molecular flexibility index (Phi) is 3.67. The zero-order valence-electron chi connectivity index (χ0n) is 12.5. The fourth-order valence-corrected chi connectivity index (χ4v) is 2.81. The number of aromatic nitrogens is 1. The average Bonchev–Trinajstić information content (AvgIpc) is 2.84. The van der Waals surface area contributed by atoms with E-state index < -0.39 is 0 Å². The smallest absolute Gasteiger partial charge is 0.123 e. The second-order valence-corrected chi connectivity index (χ2v) is 5.31. The summed E-state index contributed by atoms with van der Waals surface area (Å²) in [5, 5.41) is 1.31. The molecule has 0 aliphatic heterocycles. The molecule has 0 aliphatic carbocycles. The standard InChI is InChI=1S/C18H20N2O/c1-13-11-20(17-6-4-3-5-16(13)17)12-14-7-8-15(10-19)18(9-14)21-2/h3-9,11H,10,12,19H2,1-2H3. The molecule has 1 heterocycles. The highest BCUT2D eigenvalue weighted by molar-refractivity contribution is 5.83. The van der Waals surface area contributed by atoms with Crippen LogP contribution in [0.2, 0.25) is 0 Å². The van der Waals surface area contributed by atoms with Gasteiger partial charge in [-0.15, -0.1) is 0 Å². The van der Waals surface area contributed by atoms with Gasteiger partial charge in [0.15, 0.2) is 0 Å². The first-order valence-electron chi connectivity index (χ1n) is 7.13. The maximum absolute atomic E-state index is 5.72. The molecule has 2 aromatic carbocycles. The molecule has 108 valence electrons. The van der Waals surface area contributed by atoms with Crippen molar-refractivity contribution in [1.29, 1.82) is 0 Å². The van der Waals surface area contributed by atoms with Crippen molar-refractivity contribution in [2.24, 2.45) is 5.73 Å². The molecule has 3 heteroatoms. The zero-order chi connectivity index (χ0) is 14.8. The van der Waals surface area contributed by atoms with E-state index in [0.717, 1.165) is 17.9 Å². The van der Waals surface area contributed by atoms with Crippen molar-refractivity contribution in [3.05, 3.63) is 65.4 Å². The molecule has 0 spiro atoms. The number of methoxy groups -OCH3 is 1. The Hall–Kier alpha value is -2.26. The molecule has 0 unspecified atom stereocenters. The van der Waals surface area contributed by atoms with Crippen LogP contribution in [0.15, 0.2) is 48.7 Å². The molecule has 0 aliphatic rings. The number of benzene rings is 2. The van der Waals surface area contributed by atoms with E-state index in [2.05, 4.69) is 54.1 Å². The Balaban J connectivity index is 1.99. The van der Waals surface area contributed by atoms with Gasteiger partial charge in [-0.1, -0.05) is 30.3 Å². The van der Waals surface area contributed by atoms with Gasteiger partial charge >= 0.3 is 0 Å². The van der Waals surface area contributed by atoms with E-state index >= 15 is 0 Å². The van der Waals surface area contributed by atoms with Crippen LogP contribution >= 0.6 is 0 Å². The predicted octanol–water partition coefficient (Wildman–Crippen LogP) is 3.47. The molecule has 0 bridgehead atoms. The van der Waals surface area contributed by atoms with E-state index in [1.165, 1.54) is 22.0 Å². The second kappa shape index (κ2) is 5.62. The lowest BCUT2D eigenvalue weighted by Crippen LogP contribution is -2.03. The largest absolute Gasteiger partial charge is 0.496 e. The van der Waals surface area contributed by atoms with Gasteiger partial charge in [0.25, 0.3) is 0 Å². The molecule has 0 fully saturated rings. The van der Waals surface area contributed by atoms with Crippen LogP contribution in [-0.4, -0.2) is 11.7 Å². The average molecular weight is 280 g/mol. The summed E-state index contributed by atoms with van der Waals surface area (Å²) in [5.74, 6) is 0.864. The minimum absolute atomic E-state index is 0.495. The predicted molar refractivity (Wildman–Crippen MR) is 86.7 cm³/mol. The Bertz CT molecular complexity index is 774. The van der Waals surface area contributed by atoms with Gasteiger partial charge in [-0.3, -0.25) is 0 Å². The summed E-state index contributed by atoms with van der Waals surface area (Å²) in [7, 11) is 1.69. The third kappa shape index (κ3) is 2.52. The lowest BCUT2D eigenvalue weighted by atomic mass is 10.1. The fraction of sp³-hybridized carbons (Fsp3) is 0.222. The van der Waals surface area contributed by atoms with Crippen LogP contribution < -0.4 is 10.5 Å². The normalized spacial score (nSPS) is 11.0. The van der Waals surface area contributed by atoms with Crippen LogP contribution in [0.5, 0.6) is 5.75 Å². The van der Waals surface area contributed by atoms with Crippen molar-refractivity contribution in [2.45, 2.75) is 20.0 Å². The summed E-state index contributed by atoms with van der Waals surface area (Å²) in [6.45, 7) is 3.47. The van der Waals surface area contributed by atoms with Crippen molar-refractivity contribution in [3.8, 4) is 5.75 Å². The van der Waals surface area contributed by atoms with E-state index in [0.29, 0.717) is 6.54 Å². The summed E-state index contributed by atoms with van der Waals surface area (Å²) in [5.41, 5.74) is 10.5. The van der Waals surface area contributed by atoms with E-state index in [9.17, 15) is 0 Å². The maximum atomic E-state index is 5.72. The van der Waals surface area contributed by atoms with Crippen molar-refractivity contribution >= 4 is 10.9 Å². The van der Waals surface area contributed by atoms with Gasteiger partial charge in [-0.25, -0.2) is 0 Å². The number of para-hydroxylation sites is 1. The Morgan fingerprint density at radius 1 is 1.14 bits per heavy atom. The summed E-state index contributed by atoms with van der Waals surface area (Å²) in [4.78, 5) is 0. The molecular weight excluding hydrogens is 260 g/mol. The van der Waals surface area contributed by atoms with Gasteiger partial charge in [0.2, 0.25) is 0 Å². The van der Waals surface area contributed by atoms with Crippen LogP contribution in [0.25, 0.3) is 10.9 Å². The molecule has 3 aromatic rings. The number of rotatable bonds is 4. The Morgan fingerprint density at radius 2 is 1.95 bits per heavy atom. The van der Waals surface area contributed by atoms with E-state index in [-0.39, 0.29) is 0 Å². The zero-order valence-corrected chi connectivity index (χ0v) is 12.5. The molecule has 2 N–H and O–H groups in total. The van der Waals surface area contributed by atoms with E-state index in [1.807, 2.05) is 6.07 Å². The number of hydrogen-bond acceptors (Lipinski definition) is 2.